The number of rotatable bonds is 6. The third-order valence-corrected chi connectivity index (χ3v) is 4.62. The predicted octanol–water partition coefficient (Wildman–Crippen LogP) is 1.42. The van der Waals surface area contributed by atoms with Crippen LogP contribution in [-0.4, -0.2) is 38.6 Å². The van der Waals surface area contributed by atoms with Gasteiger partial charge in [0.25, 0.3) is 0 Å². The van der Waals surface area contributed by atoms with Crippen molar-refractivity contribution < 1.29 is 13.2 Å². The highest BCUT2D eigenvalue weighted by Gasteiger charge is 2.15. The summed E-state index contributed by atoms with van der Waals surface area (Å²) < 4.78 is 23.0. The van der Waals surface area contributed by atoms with Gasteiger partial charge in [0.15, 0.2) is 9.84 Å². The summed E-state index contributed by atoms with van der Waals surface area (Å²) in [6.45, 7) is 1.80. The first-order valence-corrected chi connectivity index (χ1v) is 9.40. The van der Waals surface area contributed by atoms with Gasteiger partial charge >= 0.3 is 0 Å². The lowest BCUT2D eigenvalue weighted by Gasteiger charge is -2.14. The summed E-state index contributed by atoms with van der Waals surface area (Å²) in [5, 5.41) is 2.69. The summed E-state index contributed by atoms with van der Waals surface area (Å²) in [7, 11) is -3.30. The molecule has 0 aliphatic rings. The predicted molar refractivity (Wildman–Crippen MR) is 83.9 cm³/mol. The molecular weight excluding hydrogens is 296 g/mol. The summed E-state index contributed by atoms with van der Waals surface area (Å²) in [5.41, 5.74) is 7.06. The highest BCUT2D eigenvalue weighted by atomic mass is 32.2. The van der Waals surface area contributed by atoms with Gasteiger partial charge in [-0.15, -0.1) is 0 Å². The smallest absolute Gasteiger partial charge is 0.241 e. The van der Waals surface area contributed by atoms with Gasteiger partial charge in [-0.25, -0.2) is 8.42 Å². The van der Waals surface area contributed by atoms with Crippen LogP contribution in [0, 0.1) is 6.92 Å². The van der Waals surface area contributed by atoms with Crippen LogP contribution in [0.25, 0.3) is 0 Å². The van der Waals surface area contributed by atoms with Crippen molar-refractivity contribution in [3.8, 4) is 0 Å². The Kier molecular flexibility index (Phi) is 6.04. The Morgan fingerprint density at radius 2 is 2.10 bits per heavy atom. The van der Waals surface area contributed by atoms with Gasteiger partial charge in [-0.05, 0) is 43.0 Å². The summed E-state index contributed by atoms with van der Waals surface area (Å²) >= 11 is 1.62. The van der Waals surface area contributed by atoms with E-state index in [-0.39, 0.29) is 10.8 Å². The molecule has 3 N–H and O–H groups in total. The number of carbonyl (C=O) groups excluding carboxylic acids is 1. The first-order chi connectivity index (χ1) is 9.25. The number of aryl methyl sites for hydroxylation is 1. The van der Waals surface area contributed by atoms with Gasteiger partial charge in [0, 0.05) is 11.9 Å². The molecule has 0 heterocycles. The van der Waals surface area contributed by atoms with Crippen LogP contribution < -0.4 is 11.1 Å². The zero-order valence-electron chi connectivity index (χ0n) is 11.8. The second kappa shape index (κ2) is 7.10. The van der Waals surface area contributed by atoms with Crippen molar-refractivity contribution in [3.05, 3.63) is 23.8 Å². The van der Waals surface area contributed by atoms with Crippen LogP contribution in [0.15, 0.2) is 23.1 Å². The molecule has 1 rings (SSSR count). The minimum absolute atomic E-state index is 0.177. The number of nitrogens with one attached hydrogen (secondary N) is 1. The van der Waals surface area contributed by atoms with E-state index in [1.165, 1.54) is 12.1 Å². The number of hydrogen-bond acceptors (Lipinski definition) is 5. The monoisotopic (exact) mass is 316 g/mol. The average molecular weight is 316 g/mol. The Hall–Kier alpha value is -1.05. The molecule has 0 unspecified atom stereocenters. The average Bonchev–Trinajstić information content (AvgIpc) is 2.37. The molecule has 0 fully saturated rings. The van der Waals surface area contributed by atoms with Gasteiger partial charge in [0.1, 0.15) is 0 Å². The number of amides is 1. The Bertz CT molecular complexity index is 585. The van der Waals surface area contributed by atoms with E-state index in [4.69, 9.17) is 5.73 Å². The molecule has 0 saturated heterocycles. The van der Waals surface area contributed by atoms with E-state index < -0.39 is 15.9 Å². The fraction of sp³-hybridized carbons (Fsp3) is 0.462. The number of anilines is 1. The molecule has 0 aliphatic heterocycles. The zero-order chi connectivity index (χ0) is 15.3. The quantitative estimate of drug-likeness (QED) is 0.828. The van der Waals surface area contributed by atoms with Crippen molar-refractivity contribution in [2.75, 3.05) is 23.6 Å². The van der Waals surface area contributed by atoms with Crippen LogP contribution in [0.4, 0.5) is 5.69 Å². The third kappa shape index (κ3) is 4.81. The topological polar surface area (TPSA) is 89.3 Å². The first-order valence-electron chi connectivity index (χ1n) is 6.12. The van der Waals surface area contributed by atoms with E-state index >= 15 is 0 Å². The molecule has 0 aliphatic carbocycles. The summed E-state index contributed by atoms with van der Waals surface area (Å²) in [6, 6.07) is 4.06. The SMILES string of the molecule is CSCC[C@H](N)C(=O)Nc1cc(S(C)(=O)=O)ccc1C. The molecule has 5 nitrogen and oxygen atoms in total. The van der Waals surface area contributed by atoms with Crippen molar-refractivity contribution in [3.63, 3.8) is 0 Å². The second-order valence-corrected chi connectivity index (χ2v) is 7.63. The van der Waals surface area contributed by atoms with Gasteiger partial charge < -0.3 is 11.1 Å². The largest absolute Gasteiger partial charge is 0.324 e. The normalized spacial score (nSPS) is 13.0. The van der Waals surface area contributed by atoms with Crippen LogP contribution in [0.5, 0.6) is 0 Å². The Balaban J connectivity index is 2.89. The van der Waals surface area contributed by atoms with E-state index in [0.717, 1.165) is 17.6 Å². The molecule has 0 radical (unpaired) electrons. The highest BCUT2D eigenvalue weighted by molar-refractivity contribution is 7.98. The van der Waals surface area contributed by atoms with E-state index in [9.17, 15) is 13.2 Å². The molecule has 0 aromatic heterocycles. The summed E-state index contributed by atoms with van der Waals surface area (Å²) in [4.78, 5) is 12.1. The minimum atomic E-state index is -3.30. The molecule has 1 aromatic carbocycles. The fourth-order valence-electron chi connectivity index (χ4n) is 1.57. The highest BCUT2D eigenvalue weighted by Crippen LogP contribution is 2.20. The molecule has 0 bridgehead atoms. The number of carbonyl (C=O) groups is 1. The molecule has 1 aromatic rings. The number of sulfone groups is 1. The maximum absolute atomic E-state index is 11.9. The van der Waals surface area contributed by atoms with Gasteiger partial charge in [-0.2, -0.15) is 11.8 Å². The number of benzene rings is 1. The molecule has 1 amide bonds. The van der Waals surface area contributed by atoms with E-state index in [2.05, 4.69) is 5.32 Å². The van der Waals surface area contributed by atoms with Crippen LogP contribution in [0.3, 0.4) is 0 Å². The Labute approximate surface area is 124 Å². The minimum Gasteiger partial charge on any atom is -0.324 e. The van der Waals surface area contributed by atoms with Gasteiger partial charge in [0.2, 0.25) is 5.91 Å². The van der Waals surface area contributed by atoms with Crippen molar-refractivity contribution >= 4 is 33.2 Å². The molecule has 1 atom stereocenters. The molecule has 0 saturated carbocycles. The maximum Gasteiger partial charge on any atom is 0.241 e. The molecule has 7 heteroatoms. The second-order valence-electron chi connectivity index (χ2n) is 4.63. The lowest BCUT2D eigenvalue weighted by molar-refractivity contribution is -0.117. The van der Waals surface area contributed by atoms with E-state index in [0.29, 0.717) is 12.1 Å². The summed E-state index contributed by atoms with van der Waals surface area (Å²) in [6.07, 6.45) is 3.66. The lowest BCUT2D eigenvalue weighted by atomic mass is 10.1. The van der Waals surface area contributed by atoms with Gasteiger partial charge in [-0.1, -0.05) is 6.07 Å². The fourth-order valence-corrected chi connectivity index (χ4v) is 2.70. The Morgan fingerprint density at radius 3 is 2.65 bits per heavy atom. The number of hydrogen-bond donors (Lipinski definition) is 2. The van der Waals surface area contributed by atoms with Gasteiger partial charge in [-0.3, -0.25) is 4.79 Å². The molecule has 20 heavy (non-hydrogen) atoms. The molecular formula is C13H20N2O3S2. The van der Waals surface area contributed by atoms with Crippen LogP contribution in [0.2, 0.25) is 0 Å². The van der Waals surface area contributed by atoms with Crippen molar-refractivity contribution in [1.29, 1.82) is 0 Å². The lowest BCUT2D eigenvalue weighted by Crippen LogP contribution is -2.36. The van der Waals surface area contributed by atoms with Crippen LogP contribution >= 0.6 is 11.8 Å². The maximum atomic E-state index is 11.9. The van der Waals surface area contributed by atoms with Crippen molar-refractivity contribution in [1.82, 2.24) is 0 Å². The Morgan fingerprint density at radius 1 is 1.45 bits per heavy atom. The van der Waals surface area contributed by atoms with Crippen molar-refractivity contribution in [2.24, 2.45) is 5.73 Å². The van der Waals surface area contributed by atoms with Gasteiger partial charge in [0.05, 0.1) is 10.9 Å². The van der Waals surface area contributed by atoms with E-state index in [1.807, 2.05) is 6.26 Å². The first kappa shape index (κ1) is 17.0. The number of nitrogens with two attached hydrogens (primary N) is 1. The third-order valence-electron chi connectivity index (χ3n) is 2.86. The standard InChI is InChI=1S/C13H20N2O3S2/c1-9-4-5-10(20(3,17)18)8-12(9)15-13(16)11(14)6-7-19-2/h4-5,8,11H,6-7,14H2,1-3H3,(H,15,16)/t11-/m0/s1. The van der Waals surface area contributed by atoms with Crippen LogP contribution in [0.1, 0.15) is 12.0 Å². The molecule has 112 valence electrons. The van der Waals surface area contributed by atoms with E-state index in [1.54, 1.807) is 24.8 Å². The summed E-state index contributed by atoms with van der Waals surface area (Å²) in [5.74, 6) is 0.504. The molecule has 0 spiro atoms. The van der Waals surface area contributed by atoms with Crippen LogP contribution in [-0.2, 0) is 14.6 Å². The van der Waals surface area contributed by atoms with Crippen molar-refractivity contribution in [2.45, 2.75) is 24.3 Å². The zero-order valence-corrected chi connectivity index (χ0v) is 13.5. The number of thioether (sulfide) groups is 1.